The molecule has 0 radical (unpaired) electrons. The van der Waals surface area contributed by atoms with Crippen LogP contribution in [0.15, 0.2) is 54.6 Å². The van der Waals surface area contributed by atoms with Crippen LogP contribution in [-0.2, 0) is 6.61 Å². The van der Waals surface area contributed by atoms with Crippen molar-refractivity contribution in [1.29, 1.82) is 0 Å². The van der Waals surface area contributed by atoms with Crippen LogP contribution in [-0.4, -0.2) is 17.6 Å². The molecule has 4 nitrogen and oxygen atoms in total. The molecule has 0 saturated heterocycles. The molecule has 2 aromatic carbocycles. The number of nitrogens with zero attached hydrogens (tertiary/aromatic N) is 1. The number of rotatable bonds is 5. The number of pyridine rings is 1. The first-order valence-corrected chi connectivity index (χ1v) is 6.82. The normalized spacial score (nSPS) is 10.4. The zero-order valence-electron chi connectivity index (χ0n) is 11.7. The van der Waals surface area contributed by atoms with Crippen LogP contribution in [0.25, 0.3) is 10.8 Å². The zero-order chi connectivity index (χ0) is 15.4. The van der Waals surface area contributed by atoms with E-state index >= 15 is 0 Å². The van der Waals surface area contributed by atoms with Gasteiger partial charge in [-0.3, -0.25) is 9.59 Å². The molecule has 3 rings (SSSR count). The minimum absolute atomic E-state index is 0.178. The summed E-state index contributed by atoms with van der Waals surface area (Å²) in [5, 5.41) is 2.26. The van der Waals surface area contributed by atoms with Gasteiger partial charge in [0.25, 0.3) is 0 Å². The van der Waals surface area contributed by atoms with Crippen LogP contribution in [0, 0.1) is 0 Å². The maximum Gasteiger partial charge on any atom is 0.168 e. The first-order chi connectivity index (χ1) is 10.8. The lowest BCUT2D eigenvalue weighted by Crippen LogP contribution is -2.00. The summed E-state index contributed by atoms with van der Waals surface area (Å²) < 4.78 is 5.73. The van der Waals surface area contributed by atoms with Gasteiger partial charge in [0.2, 0.25) is 0 Å². The molecule has 0 fully saturated rings. The van der Waals surface area contributed by atoms with E-state index in [1.165, 1.54) is 12.1 Å². The average Bonchev–Trinajstić information content (AvgIpc) is 2.59. The Morgan fingerprint density at radius 3 is 2.32 bits per heavy atom. The highest BCUT2D eigenvalue weighted by Crippen LogP contribution is 2.21. The molecule has 0 saturated carbocycles. The van der Waals surface area contributed by atoms with Gasteiger partial charge in [0, 0.05) is 12.1 Å². The standard InChI is InChI=1S/C18H13NO3/c20-10-15-8-17(9-16(11-21)19-15)22-12-14-6-3-5-13-4-1-2-7-18(13)14/h1-11H,12H2. The van der Waals surface area contributed by atoms with Crippen LogP contribution in [0.5, 0.6) is 5.75 Å². The number of ether oxygens (including phenoxy) is 1. The SMILES string of the molecule is O=Cc1cc(OCc2cccc3ccccc23)cc(C=O)n1. The largest absolute Gasteiger partial charge is 0.489 e. The first-order valence-electron chi connectivity index (χ1n) is 6.82. The Bertz CT molecular complexity index is 811. The number of benzene rings is 2. The molecule has 4 heteroatoms. The summed E-state index contributed by atoms with van der Waals surface area (Å²) in [4.78, 5) is 25.5. The second-order valence-corrected chi connectivity index (χ2v) is 4.82. The molecule has 0 amide bonds. The third kappa shape index (κ3) is 2.86. The molecule has 0 aliphatic carbocycles. The number of aromatic nitrogens is 1. The van der Waals surface area contributed by atoms with E-state index in [0.29, 0.717) is 24.9 Å². The van der Waals surface area contributed by atoms with E-state index in [-0.39, 0.29) is 11.4 Å². The van der Waals surface area contributed by atoms with Gasteiger partial charge in [0.05, 0.1) is 0 Å². The number of carbonyl (C=O) groups excluding carboxylic acids is 2. The fourth-order valence-corrected chi connectivity index (χ4v) is 2.33. The van der Waals surface area contributed by atoms with Crippen LogP contribution in [0.1, 0.15) is 26.5 Å². The minimum Gasteiger partial charge on any atom is -0.489 e. The van der Waals surface area contributed by atoms with Crippen molar-refractivity contribution in [1.82, 2.24) is 4.98 Å². The third-order valence-corrected chi connectivity index (χ3v) is 3.35. The predicted octanol–water partition coefficient (Wildman–Crippen LogP) is 3.44. The minimum atomic E-state index is 0.178. The van der Waals surface area contributed by atoms with Crippen molar-refractivity contribution in [2.24, 2.45) is 0 Å². The molecule has 0 aliphatic heterocycles. The molecule has 3 aromatic rings. The summed E-state index contributed by atoms with van der Waals surface area (Å²) in [5.74, 6) is 0.451. The number of fused-ring (bicyclic) bond motifs is 1. The molecular formula is C18H13NO3. The van der Waals surface area contributed by atoms with Gasteiger partial charge in [-0.05, 0) is 16.3 Å². The van der Waals surface area contributed by atoms with Crippen molar-refractivity contribution in [3.63, 3.8) is 0 Å². The van der Waals surface area contributed by atoms with Crippen LogP contribution >= 0.6 is 0 Å². The Hall–Kier alpha value is -3.01. The summed E-state index contributed by atoms with van der Waals surface area (Å²) in [6, 6.07) is 17.1. The van der Waals surface area contributed by atoms with Crippen molar-refractivity contribution in [2.45, 2.75) is 6.61 Å². The van der Waals surface area contributed by atoms with E-state index in [9.17, 15) is 9.59 Å². The molecule has 0 aliphatic rings. The third-order valence-electron chi connectivity index (χ3n) is 3.35. The summed E-state index contributed by atoms with van der Waals surface area (Å²) in [6.07, 6.45) is 1.19. The topological polar surface area (TPSA) is 56.3 Å². The molecule has 0 spiro atoms. The van der Waals surface area contributed by atoms with E-state index < -0.39 is 0 Å². The van der Waals surface area contributed by atoms with Gasteiger partial charge in [-0.1, -0.05) is 42.5 Å². The van der Waals surface area contributed by atoms with Crippen molar-refractivity contribution < 1.29 is 14.3 Å². The van der Waals surface area contributed by atoms with Crippen molar-refractivity contribution in [2.75, 3.05) is 0 Å². The maximum atomic E-state index is 10.8. The van der Waals surface area contributed by atoms with Gasteiger partial charge in [0.1, 0.15) is 23.7 Å². The van der Waals surface area contributed by atoms with Crippen LogP contribution < -0.4 is 4.74 Å². The molecule has 0 atom stereocenters. The van der Waals surface area contributed by atoms with Crippen LogP contribution in [0.4, 0.5) is 0 Å². The van der Waals surface area contributed by atoms with E-state index in [4.69, 9.17) is 4.74 Å². The quantitative estimate of drug-likeness (QED) is 0.676. The Kier molecular flexibility index (Phi) is 3.92. The monoisotopic (exact) mass is 291 g/mol. The lowest BCUT2D eigenvalue weighted by atomic mass is 10.1. The number of hydrogen-bond donors (Lipinski definition) is 0. The van der Waals surface area contributed by atoms with Gasteiger partial charge < -0.3 is 4.74 Å². The van der Waals surface area contributed by atoms with Gasteiger partial charge in [-0.25, -0.2) is 4.98 Å². The molecule has 0 N–H and O–H groups in total. The highest BCUT2D eigenvalue weighted by Gasteiger charge is 2.05. The van der Waals surface area contributed by atoms with Crippen molar-refractivity contribution >= 4 is 23.3 Å². The highest BCUT2D eigenvalue weighted by molar-refractivity contribution is 5.85. The molecule has 108 valence electrons. The summed E-state index contributed by atoms with van der Waals surface area (Å²) in [5.41, 5.74) is 1.39. The highest BCUT2D eigenvalue weighted by atomic mass is 16.5. The predicted molar refractivity (Wildman–Crippen MR) is 83.3 cm³/mol. The van der Waals surface area contributed by atoms with Crippen LogP contribution in [0.2, 0.25) is 0 Å². The number of aldehydes is 2. The van der Waals surface area contributed by atoms with Crippen LogP contribution in [0.3, 0.4) is 0 Å². The second kappa shape index (κ2) is 6.18. The lowest BCUT2D eigenvalue weighted by Gasteiger charge is -2.09. The molecule has 1 aromatic heterocycles. The maximum absolute atomic E-state index is 10.8. The van der Waals surface area contributed by atoms with Crippen molar-refractivity contribution in [3.8, 4) is 5.75 Å². The average molecular weight is 291 g/mol. The van der Waals surface area contributed by atoms with E-state index in [1.54, 1.807) is 0 Å². The van der Waals surface area contributed by atoms with E-state index in [1.807, 2.05) is 42.5 Å². The Balaban J connectivity index is 1.88. The van der Waals surface area contributed by atoms with Gasteiger partial charge in [-0.2, -0.15) is 0 Å². The molecule has 0 unspecified atom stereocenters. The van der Waals surface area contributed by atoms with E-state index in [0.717, 1.165) is 16.3 Å². The van der Waals surface area contributed by atoms with Crippen molar-refractivity contribution in [3.05, 3.63) is 71.5 Å². The second-order valence-electron chi connectivity index (χ2n) is 4.82. The number of hydrogen-bond acceptors (Lipinski definition) is 4. The fourth-order valence-electron chi connectivity index (χ4n) is 2.33. The summed E-state index contributed by atoms with van der Waals surface area (Å²) in [6.45, 7) is 0.349. The van der Waals surface area contributed by atoms with Gasteiger partial charge in [-0.15, -0.1) is 0 Å². The Labute approximate surface area is 127 Å². The zero-order valence-corrected chi connectivity index (χ0v) is 11.7. The first kappa shape index (κ1) is 13.9. The Morgan fingerprint density at radius 2 is 1.59 bits per heavy atom. The molecule has 22 heavy (non-hydrogen) atoms. The summed E-state index contributed by atoms with van der Waals surface area (Å²) >= 11 is 0. The number of carbonyl (C=O) groups is 2. The van der Waals surface area contributed by atoms with E-state index in [2.05, 4.69) is 4.98 Å². The molecule has 1 heterocycles. The smallest absolute Gasteiger partial charge is 0.168 e. The lowest BCUT2D eigenvalue weighted by molar-refractivity contribution is 0.111. The van der Waals surface area contributed by atoms with Gasteiger partial charge in [0.15, 0.2) is 12.6 Å². The van der Waals surface area contributed by atoms with Gasteiger partial charge >= 0.3 is 0 Å². The molecule has 0 bridgehead atoms. The Morgan fingerprint density at radius 1 is 0.909 bits per heavy atom. The summed E-state index contributed by atoms with van der Waals surface area (Å²) in [7, 11) is 0. The fraction of sp³-hybridized carbons (Fsp3) is 0.0556. The molecular weight excluding hydrogens is 278 g/mol.